The van der Waals surface area contributed by atoms with Crippen molar-refractivity contribution < 1.29 is 4.79 Å². The van der Waals surface area contributed by atoms with E-state index >= 15 is 0 Å². The zero-order valence-corrected chi connectivity index (χ0v) is 18.0. The average molecular weight is 458 g/mol. The van der Waals surface area contributed by atoms with Crippen LogP contribution in [0.2, 0.25) is 0 Å². The van der Waals surface area contributed by atoms with Crippen LogP contribution in [0.15, 0.2) is 29.3 Å². The third-order valence-electron chi connectivity index (χ3n) is 4.32. The van der Waals surface area contributed by atoms with Gasteiger partial charge in [-0.25, -0.2) is 4.99 Å². The normalized spacial score (nSPS) is 13.7. The highest BCUT2D eigenvalue weighted by atomic mass is 127. The molecule has 0 unspecified atom stereocenters. The third-order valence-corrected chi connectivity index (χ3v) is 4.32. The lowest BCUT2D eigenvalue weighted by atomic mass is 10.0. The van der Waals surface area contributed by atoms with Crippen LogP contribution < -0.4 is 10.2 Å². The molecule has 0 fully saturated rings. The number of rotatable bonds is 6. The molecular formula is C19H31IN4O. The number of amides is 1. The summed E-state index contributed by atoms with van der Waals surface area (Å²) < 4.78 is 0. The van der Waals surface area contributed by atoms with Crippen molar-refractivity contribution in [3.05, 3.63) is 29.8 Å². The number of aryl methyl sites for hydroxylation is 1. The van der Waals surface area contributed by atoms with Crippen LogP contribution in [0.3, 0.4) is 0 Å². The van der Waals surface area contributed by atoms with Crippen LogP contribution in [0, 0.1) is 0 Å². The van der Waals surface area contributed by atoms with Crippen molar-refractivity contribution in [1.82, 2.24) is 10.2 Å². The molecule has 0 aliphatic carbocycles. The van der Waals surface area contributed by atoms with E-state index in [1.165, 1.54) is 5.56 Å². The highest BCUT2D eigenvalue weighted by Crippen LogP contribution is 2.26. The van der Waals surface area contributed by atoms with E-state index in [1.807, 2.05) is 37.1 Å². The molecule has 1 heterocycles. The number of halogens is 1. The smallest absolute Gasteiger partial charge is 0.248 e. The first-order valence-electron chi connectivity index (χ1n) is 9.05. The van der Waals surface area contributed by atoms with Gasteiger partial charge < -0.3 is 15.1 Å². The molecule has 1 N–H and O–H groups in total. The second kappa shape index (κ2) is 11.3. The first-order chi connectivity index (χ1) is 11.7. The van der Waals surface area contributed by atoms with Crippen LogP contribution in [0.4, 0.5) is 5.69 Å². The second-order valence-corrected chi connectivity index (χ2v) is 6.22. The van der Waals surface area contributed by atoms with Gasteiger partial charge in [-0.2, -0.15) is 0 Å². The Morgan fingerprint density at radius 1 is 1.32 bits per heavy atom. The van der Waals surface area contributed by atoms with Crippen LogP contribution in [-0.2, 0) is 11.2 Å². The van der Waals surface area contributed by atoms with Crippen LogP contribution in [0.1, 0.15) is 38.7 Å². The average Bonchev–Trinajstić information content (AvgIpc) is 2.62. The largest absolute Gasteiger partial charge is 0.357 e. The number of carbonyl (C=O) groups is 1. The lowest BCUT2D eigenvalue weighted by Crippen LogP contribution is -2.41. The molecule has 140 valence electrons. The molecule has 25 heavy (non-hydrogen) atoms. The first-order valence-corrected chi connectivity index (χ1v) is 9.05. The van der Waals surface area contributed by atoms with E-state index in [-0.39, 0.29) is 36.4 Å². The van der Waals surface area contributed by atoms with Gasteiger partial charge in [0.05, 0.1) is 0 Å². The number of aliphatic imine (C=N–C) groups is 1. The fourth-order valence-electron chi connectivity index (χ4n) is 2.99. The molecule has 0 bridgehead atoms. The van der Waals surface area contributed by atoms with Gasteiger partial charge in [0, 0.05) is 32.4 Å². The Bertz CT molecular complexity index is 576. The Kier molecular flexibility index (Phi) is 9.85. The highest BCUT2D eigenvalue weighted by Gasteiger charge is 2.21. The fourth-order valence-corrected chi connectivity index (χ4v) is 2.99. The van der Waals surface area contributed by atoms with Crippen molar-refractivity contribution >= 4 is 41.5 Å². The van der Waals surface area contributed by atoms with Gasteiger partial charge in [-0.1, -0.05) is 31.5 Å². The number of nitrogens with zero attached hydrogens (tertiary/aromatic N) is 3. The number of nitrogens with one attached hydrogen (secondary N) is 1. The summed E-state index contributed by atoms with van der Waals surface area (Å²) in [5, 5.41) is 3.27. The Labute approximate surface area is 168 Å². The Morgan fingerprint density at radius 3 is 2.80 bits per heavy atom. The van der Waals surface area contributed by atoms with Gasteiger partial charge in [0.2, 0.25) is 5.91 Å². The van der Waals surface area contributed by atoms with Crippen molar-refractivity contribution in [2.45, 2.75) is 39.5 Å². The SMILES string of the molecule is CCCCN(C)C(=NCC(=O)N1CCCc2ccccc21)NCC.I. The fraction of sp³-hybridized carbons (Fsp3) is 0.579. The van der Waals surface area contributed by atoms with Gasteiger partial charge in [0.25, 0.3) is 0 Å². The molecular weight excluding hydrogens is 427 g/mol. The topological polar surface area (TPSA) is 47.9 Å². The Balaban J connectivity index is 0.00000312. The molecule has 1 aromatic carbocycles. The van der Waals surface area contributed by atoms with Gasteiger partial charge in [0.15, 0.2) is 5.96 Å². The van der Waals surface area contributed by atoms with E-state index in [4.69, 9.17) is 0 Å². The molecule has 0 saturated carbocycles. The molecule has 1 aliphatic heterocycles. The summed E-state index contributed by atoms with van der Waals surface area (Å²) in [7, 11) is 2.03. The van der Waals surface area contributed by atoms with Crippen molar-refractivity contribution in [2.24, 2.45) is 4.99 Å². The molecule has 0 radical (unpaired) electrons. The minimum atomic E-state index is 0. The van der Waals surface area contributed by atoms with Crippen molar-refractivity contribution in [3.8, 4) is 0 Å². The van der Waals surface area contributed by atoms with Crippen molar-refractivity contribution in [1.29, 1.82) is 0 Å². The van der Waals surface area contributed by atoms with Crippen LogP contribution in [0.5, 0.6) is 0 Å². The van der Waals surface area contributed by atoms with Gasteiger partial charge in [0.1, 0.15) is 6.54 Å². The van der Waals surface area contributed by atoms with Gasteiger partial charge >= 0.3 is 0 Å². The number of para-hydroxylation sites is 1. The van der Waals surface area contributed by atoms with Crippen LogP contribution >= 0.6 is 24.0 Å². The third kappa shape index (κ3) is 6.17. The predicted octanol–water partition coefficient (Wildman–Crippen LogP) is 3.28. The number of benzene rings is 1. The Hall–Kier alpha value is -1.31. The van der Waals surface area contributed by atoms with E-state index < -0.39 is 0 Å². The van der Waals surface area contributed by atoms with Crippen molar-refractivity contribution in [3.63, 3.8) is 0 Å². The number of fused-ring (bicyclic) bond motifs is 1. The summed E-state index contributed by atoms with van der Waals surface area (Å²) in [4.78, 5) is 21.2. The van der Waals surface area contributed by atoms with Gasteiger partial charge in [-0.15, -0.1) is 24.0 Å². The molecule has 2 rings (SSSR count). The molecule has 6 heteroatoms. The van der Waals surface area contributed by atoms with Gasteiger partial charge in [-0.3, -0.25) is 4.79 Å². The molecule has 1 aliphatic rings. The highest BCUT2D eigenvalue weighted by molar-refractivity contribution is 14.0. The molecule has 0 aromatic heterocycles. The van der Waals surface area contributed by atoms with E-state index in [0.29, 0.717) is 0 Å². The number of hydrogen-bond acceptors (Lipinski definition) is 2. The monoisotopic (exact) mass is 458 g/mol. The Morgan fingerprint density at radius 2 is 2.08 bits per heavy atom. The molecule has 0 spiro atoms. The van der Waals surface area contributed by atoms with Crippen LogP contribution in [-0.4, -0.2) is 50.0 Å². The second-order valence-electron chi connectivity index (χ2n) is 6.22. The maximum atomic E-state index is 12.7. The lowest BCUT2D eigenvalue weighted by molar-refractivity contribution is -0.117. The lowest BCUT2D eigenvalue weighted by Gasteiger charge is -2.29. The summed E-state index contributed by atoms with van der Waals surface area (Å²) in [5.41, 5.74) is 2.31. The van der Waals surface area contributed by atoms with E-state index in [2.05, 4.69) is 28.2 Å². The molecule has 0 saturated heterocycles. The zero-order valence-electron chi connectivity index (χ0n) is 15.6. The number of guanidine groups is 1. The minimum Gasteiger partial charge on any atom is -0.357 e. The maximum Gasteiger partial charge on any atom is 0.248 e. The number of anilines is 1. The molecule has 1 amide bonds. The summed E-state index contributed by atoms with van der Waals surface area (Å²) in [6, 6.07) is 8.18. The van der Waals surface area contributed by atoms with E-state index in [1.54, 1.807) is 0 Å². The zero-order chi connectivity index (χ0) is 17.4. The van der Waals surface area contributed by atoms with E-state index in [0.717, 1.165) is 57.0 Å². The summed E-state index contributed by atoms with van der Waals surface area (Å²) in [6.07, 6.45) is 4.33. The predicted molar refractivity (Wildman–Crippen MR) is 116 cm³/mol. The number of unbranched alkanes of at least 4 members (excludes halogenated alkanes) is 1. The molecule has 0 atom stereocenters. The number of carbonyl (C=O) groups excluding carboxylic acids is 1. The standard InChI is InChI=1S/C19H30N4O.HI/c1-4-6-13-22(3)19(20-5-2)21-15-18(24)23-14-9-11-16-10-7-8-12-17(16)23;/h7-8,10,12H,4-6,9,11,13-15H2,1-3H3,(H,20,21);1H. The maximum absolute atomic E-state index is 12.7. The molecule has 5 nitrogen and oxygen atoms in total. The van der Waals surface area contributed by atoms with Gasteiger partial charge in [-0.05, 0) is 37.8 Å². The van der Waals surface area contributed by atoms with E-state index in [9.17, 15) is 4.79 Å². The summed E-state index contributed by atoms with van der Waals surface area (Å²) in [5.74, 6) is 0.881. The summed E-state index contributed by atoms with van der Waals surface area (Å²) in [6.45, 7) is 6.95. The number of hydrogen-bond donors (Lipinski definition) is 1. The minimum absolute atomic E-state index is 0. The van der Waals surface area contributed by atoms with Crippen molar-refractivity contribution in [2.75, 3.05) is 38.1 Å². The summed E-state index contributed by atoms with van der Waals surface area (Å²) >= 11 is 0. The molecule has 1 aromatic rings. The first kappa shape index (κ1) is 21.7. The quantitative estimate of drug-likeness (QED) is 0.405. The van der Waals surface area contributed by atoms with Crippen LogP contribution in [0.25, 0.3) is 0 Å².